The first-order valence-electron chi connectivity index (χ1n) is 8.08. The van der Waals surface area contributed by atoms with Crippen LogP contribution in [0.1, 0.15) is 16.1 Å². The van der Waals surface area contributed by atoms with Crippen molar-refractivity contribution in [3.63, 3.8) is 0 Å². The molecule has 1 N–H and O–H groups in total. The Morgan fingerprint density at radius 1 is 1.33 bits per heavy atom. The summed E-state index contributed by atoms with van der Waals surface area (Å²) in [6.07, 6.45) is 1.60. The van der Waals surface area contributed by atoms with Gasteiger partial charge in [-0.25, -0.2) is 9.37 Å². The van der Waals surface area contributed by atoms with E-state index in [9.17, 15) is 9.18 Å². The number of nitrogens with one attached hydrogen (secondary N) is 1. The first-order chi connectivity index (χ1) is 13.1. The lowest BCUT2D eigenvalue weighted by Gasteiger charge is -2.08. The molecule has 1 aromatic heterocycles. The molecule has 3 rings (SSSR count). The number of nitrogens with zero attached hydrogens (tertiary/aromatic N) is 1. The molecule has 0 bridgehead atoms. The summed E-state index contributed by atoms with van der Waals surface area (Å²) in [6.45, 7) is 4.17. The van der Waals surface area contributed by atoms with Gasteiger partial charge in [0.1, 0.15) is 28.9 Å². The van der Waals surface area contributed by atoms with Crippen molar-refractivity contribution in [2.24, 2.45) is 0 Å². The maximum absolute atomic E-state index is 13.2. The maximum atomic E-state index is 13.2. The summed E-state index contributed by atoms with van der Waals surface area (Å²) in [7, 11) is 0. The number of benzene rings is 2. The minimum Gasteiger partial charge on any atom is -0.489 e. The summed E-state index contributed by atoms with van der Waals surface area (Å²) in [4.78, 5) is 16.3. The Hall–Kier alpha value is -2.70. The normalized spacial score (nSPS) is 10.4. The number of hydrogen-bond donors (Lipinski definition) is 1. The van der Waals surface area contributed by atoms with Crippen LogP contribution in [0.3, 0.4) is 0 Å². The third-order valence-corrected chi connectivity index (χ3v) is 4.80. The second-order valence-electron chi connectivity index (χ2n) is 5.60. The Bertz CT molecular complexity index is 974. The molecule has 27 heavy (non-hydrogen) atoms. The van der Waals surface area contributed by atoms with Crippen LogP contribution in [-0.2, 0) is 6.61 Å². The predicted octanol–water partition coefficient (Wildman–Crippen LogP) is 5.10. The highest BCUT2D eigenvalue weighted by Crippen LogP contribution is 2.33. The predicted molar refractivity (Wildman–Crippen MR) is 106 cm³/mol. The minimum absolute atomic E-state index is 0.234. The highest BCUT2D eigenvalue weighted by Gasteiger charge is 2.14. The van der Waals surface area contributed by atoms with Crippen LogP contribution in [0.5, 0.6) is 5.75 Å². The second kappa shape index (κ2) is 8.79. The fraction of sp³-hybridized carbons (Fsp3) is 0.100. The van der Waals surface area contributed by atoms with Gasteiger partial charge in [-0.1, -0.05) is 29.8 Å². The van der Waals surface area contributed by atoms with Gasteiger partial charge in [-0.05, 0) is 35.9 Å². The van der Waals surface area contributed by atoms with Crippen LogP contribution in [0, 0.1) is 5.82 Å². The van der Waals surface area contributed by atoms with E-state index in [1.54, 1.807) is 41.8 Å². The first kappa shape index (κ1) is 19.1. The van der Waals surface area contributed by atoms with Crippen LogP contribution in [0.2, 0.25) is 5.02 Å². The summed E-state index contributed by atoms with van der Waals surface area (Å²) < 4.78 is 18.9. The van der Waals surface area contributed by atoms with Gasteiger partial charge in [0.15, 0.2) is 0 Å². The molecule has 0 aliphatic rings. The monoisotopic (exact) mass is 402 g/mol. The van der Waals surface area contributed by atoms with Gasteiger partial charge in [-0.3, -0.25) is 4.79 Å². The van der Waals surface area contributed by atoms with E-state index in [4.69, 9.17) is 16.3 Å². The smallest absolute Gasteiger partial charge is 0.271 e. The van der Waals surface area contributed by atoms with Crippen molar-refractivity contribution < 1.29 is 13.9 Å². The average Bonchev–Trinajstić information content (AvgIpc) is 3.14. The van der Waals surface area contributed by atoms with E-state index < -0.39 is 0 Å². The quantitative estimate of drug-likeness (QED) is 0.559. The molecule has 0 radical (unpaired) electrons. The van der Waals surface area contributed by atoms with E-state index in [0.717, 1.165) is 5.56 Å². The molecular formula is C20H16ClFN2O2S. The fourth-order valence-corrected chi connectivity index (χ4v) is 3.46. The first-order valence-corrected chi connectivity index (χ1v) is 9.34. The number of carbonyl (C=O) groups excluding carboxylic acids is 1. The van der Waals surface area contributed by atoms with Crippen molar-refractivity contribution in [2.45, 2.75) is 6.61 Å². The van der Waals surface area contributed by atoms with Crippen molar-refractivity contribution >= 4 is 28.8 Å². The number of ether oxygens (including phenoxy) is 1. The van der Waals surface area contributed by atoms with E-state index in [0.29, 0.717) is 33.6 Å². The Kier molecular flexibility index (Phi) is 6.21. The van der Waals surface area contributed by atoms with Crippen LogP contribution in [0.4, 0.5) is 4.39 Å². The molecule has 0 aliphatic carbocycles. The highest BCUT2D eigenvalue weighted by molar-refractivity contribution is 7.13. The van der Waals surface area contributed by atoms with Gasteiger partial charge in [0.25, 0.3) is 5.91 Å². The number of carbonyl (C=O) groups is 1. The van der Waals surface area contributed by atoms with Crippen LogP contribution >= 0.6 is 22.9 Å². The second-order valence-corrected chi connectivity index (χ2v) is 6.86. The lowest BCUT2D eigenvalue weighted by Crippen LogP contribution is -2.23. The molecule has 7 heteroatoms. The zero-order valence-corrected chi connectivity index (χ0v) is 15.8. The summed E-state index contributed by atoms with van der Waals surface area (Å²) in [5, 5.41) is 5.46. The summed E-state index contributed by atoms with van der Waals surface area (Å²) in [6, 6.07) is 11.4. The SMILES string of the molecule is C=CCNC(=O)c1csc(-c2ccc(OCc3cccc(F)c3)cc2Cl)n1. The molecule has 3 aromatic rings. The molecule has 138 valence electrons. The van der Waals surface area contributed by atoms with Crippen LogP contribution in [-0.4, -0.2) is 17.4 Å². The lowest BCUT2D eigenvalue weighted by atomic mass is 10.2. The van der Waals surface area contributed by atoms with Gasteiger partial charge in [-0.15, -0.1) is 17.9 Å². The largest absolute Gasteiger partial charge is 0.489 e. The van der Waals surface area contributed by atoms with E-state index in [2.05, 4.69) is 16.9 Å². The third-order valence-electron chi connectivity index (χ3n) is 3.61. The highest BCUT2D eigenvalue weighted by atomic mass is 35.5. The standard InChI is InChI=1S/C20H16ClFN2O2S/c1-2-8-23-19(25)18-12-27-20(24-18)16-7-6-15(10-17(16)21)26-11-13-4-3-5-14(22)9-13/h2-7,9-10,12H,1,8,11H2,(H,23,25). The van der Waals surface area contributed by atoms with E-state index in [1.165, 1.54) is 23.5 Å². The fourth-order valence-electron chi connectivity index (χ4n) is 2.31. The molecule has 1 amide bonds. The number of aromatic nitrogens is 1. The van der Waals surface area contributed by atoms with Crippen molar-refractivity contribution in [3.8, 4) is 16.3 Å². The Labute approximate surface area is 165 Å². The molecule has 0 saturated heterocycles. The zero-order chi connectivity index (χ0) is 19.2. The molecule has 0 unspecified atom stereocenters. The average molecular weight is 403 g/mol. The minimum atomic E-state index is -0.304. The van der Waals surface area contributed by atoms with Gasteiger partial charge in [0.2, 0.25) is 0 Å². The number of amides is 1. The number of halogens is 2. The molecule has 4 nitrogen and oxygen atoms in total. The van der Waals surface area contributed by atoms with Crippen molar-refractivity contribution in [2.75, 3.05) is 6.54 Å². The third kappa shape index (κ3) is 4.93. The number of rotatable bonds is 7. The van der Waals surface area contributed by atoms with Gasteiger partial charge in [0, 0.05) is 17.5 Å². The van der Waals surface area contributed by atoms with Crippen molar-refractivity contribution in [3.05, 3.63) is 82.6 Å². The van der Waals surface area contributed by atoms with E-state index in [1.807, 2.05) is 0 Å². The summed E-state index contributed by atoms with van der Waals surface area (Å²) >= 11 is 7.69. The van der Waals surface area contributed by atoms with Gasteiger partial charge in [0.05, 0.1) is 5.02 Å². The van der Waals surface area contributed by atoms with Crippen molar-refractivity contribution in [1.29, 1.82) is 0 Å². The molecular weight excluding hydrogens is 387 g/mol. The molecule has 0 spiro atoms. The van der Waals surface area contributed by atoms with E-state index >= 15 is 0 Å². The van der Waals surface area contributed by atoms with Crippen LogP contribution in [0.15, 0.2) is 60.5 Å². The zero-order valence-electron chi connectivity index (χ0n) is 14.2. The van der Waals surface area contributed by atoms with E-state index in [-0.39, 0.29) is 18.3 Å². The Balaban J connectivity index is 1.70. The Morgan fingerprint density at radius 3 is 2.93 bits per heavy atom. The molecule has 0 atom stereocenters. The van der Waals surface area contributed by atoms with Crippen LogP contribution < -0.4 is 10.1 Å². The van der Waals surface area contributed by atoms with Crippen LogP contribution in [0.25, 0.3) is 10.6 Å². The lowest BCUT2D eigenvalue weighted by molar-refractivity contribution is 0.0954. The number of hydrogen-bond acceptors (Lipinski definition) is 4. The van der Waals surface area contributed by atoms with Gasteiger partial charge >= 0.3 is 0 Å². The Morgan fingerprint density at radius 2 is 2.19 bits per heavy atom. The molecule has 1 heterocycles. The summed E-state index contributed by atoms with van der Waals surface area (Å²) in [5.41, 5.74) is 1.77. The maximum Gasteiger partial charge on any atom is 0.271 e. The summed E-state index contributed by atoms with van der Waals surface area (Å²) in [5.74, 6) is -0.00160. The number of thiazole rings is 1. The van der Waals surface area contributed by atoms with Gasteiger partial charge in [-0.2, -0.15) is 0 Å². The molecule has 0 aliphatic heterocycles. The topological polar surface area (TPSA) is 51.2 Å². The van der Waals surface area contributed by atoms with Crippen molar-refractivity contribution in [1.82, 2.24) is 10.3 Å². The molecule has 2 aromatic carbocycles. The molecule has 0 saturated carbocycles. The molecule has 0 fully saturated rings. The van der Waals surface area contributed by atoms with Gasteiger partial charge < -0.3 is 10.1 Å².